The first-order valence-corrected chi connectivity index (χ1v) is 4.84. The lowest BCUT2D eigenvalue weighted by molar-refractivity contribution is 0.302. The van der Waals surface area contributed by atoms with Crippen molar-refractivity contribution < 1.29 is 0 Å². The van der Waals surface area contributed by atoms with Gasteiger partial charge in [-0.15, -0.1) is 0 Å². The van der Waals surface area contributed by atoms with Gasteiger partial charge >= 0.3 is 0 Å². The van der Waals surface area contributed by atoms with Crippen LogP contribution < -0.4 is 5.73 Å². The number of allylic oxidation sites excluding steroid dienone is 1. The van der Waals surface area contributed by atoms with Gasteiger partial charge in [-0.25, -0.2) is 0 Å². The number of hydrogen-bond acceptors (Lipinski definition) is 1. The van der Waals surface area contributed by atoms with E-state index in [1.165, 1.54) is 24.0 Å². The summed E-state index contributed by atoms with van der Waals surface area (Å²) >= 11 is 0. The number of hydrogen-bond donors (Lipinski definition) is 1. The van der Waals surface area contributed by atoms with Gasteiger partial charge in [0.05, 0.1) is 0 Å². The first-order chi connectivity index (χ1) is 5.42. The van der Waals surface area contributed by atoms with Gasteiger partial charge in [-0.05, 0) is 38.5 Å². The summed E-state index contributed by atoms with van der Waals surface area (Å²) in [7, 11) is 0. The van der Waals surface area contributed by atoms with Crippen LogP contribution in [0.3, 0.4) is 0 Å². The molecule has 0 fully saturated rings. The molecule has 0 aliphatic heterocycles. The van der Waals surface area contributed by atoms with Gasteiger partial charge in [-0.1, -0.05) is 25.0 Å². The Hall–Kier alpha value is -0.300. The van der Waals surface area contributed by atoms with Crippen molar-refractivity contribution in [3.63, 3.8) is 0 Å². The minimum absolute atomic E-state index is 0.294. The largest absolute Gasteiger partial charge is 0.324 e. The lowest BCUT2D eigenvalue weighted by Crippen LogP contribution is -2.27. The average Bonchev–Trinajstić information content (AvgIpc) is 2.03. The van der Waals surface area contributed by atoms with E-state index in [0.717, 1.165) is 6.42 Å². The van der Waals surface area contributed by atoms with Crippen LogP contribution in [-0.4, -0.2) is 6.04 Å². The zero-order valence-electron chi connectivity index (χ0n) is 8.78. The van der Waals surface area contributed by atoms with E-state index in [-0.39, 0.29) is 0 Å². The van der Waals surface area contributed by atoms with Gasteiger partial charge in [0.2, 0.25) is 0 Å². The minimum Gasteiger partial charge on any atom is -0.324 e. The highest BCUT2D eigenvalue weighted by Crippen LogP contribution is 2.35. The molecule has 0 aromatic carbocycles. The van der Waals surface area contributed by atoms with Gasteiger partial charge in [0.25, 0.3) is 0 Å². The summed E-state index contributed by atoms with van der Waals surface area (Å²) in [4.78, 5) is 0. The quantitative estimate of drug-likeness (QED) is 0.552. The first kappa shape index (κ1) is 9.79. The van der Waals surface area contributed by atoms with E-state index in [1.54, 1.807) is 0 Å². The summed E-state index contributed by atoms with van der Waals surface area (Å²) in [5.41, 5.74) is 9.44. The van der Waals surface area contributed by atoms with E-state index in [9.17, 15) is 0 Å². The van der Waals surface area contributed by atoms with Crippen LogP contribution in [0.4, 0.5) is 0 Å². The van der Waals surface area contributed by atoms with Crippen molar-refractivity contribution in [2.75, 3.05) is 0 Å². The summed E-state index contributed by atoms with van der Waals surface area (Å²) in [6, 6.07) is 0.294. The molecule has 0 saturated heterocycles. The second kappa shape index (κ2) is 3.21. The molecule has 0 bridgehead atoms. The van der Waals surface area contributed by atoms with E-state index in [1.807, 2.05) is 0 Å². The van der Waals surface area contributed by atoms with Gasteiger partial charge in [0.15, 0.2) is 0 Å². The predicted molar refractivity (Wildman–Crippen MR) is 54.0 cm³/mol. The van der Waals surface area contributed by atoms with Gasteiger partial charge in [0.1, 0.15) is 0 Å². The summed E-state index contributed by atoms with van der Waals surface area (Å²) in [5, 5.41) is 0. The maximum atomic E-state index is 6.09. The normalized spacial score (nSPS) is 30.2. The third-order valence-corrected chi connectivity index (χ3v) is 3.18. The van der Waals surface area contributed by atoms with Crippen molar-refractivity contribution in [2.24, 2.45) is 11.1 Å². The van der Waals surface area contributed by atoms with Gasteiger partial charge < -0.3 is 5.73 Å². The van der Waals surface area contributed by atoms with Crippen LogP contribution in [0.2, 0.25) is 0 Å². The molecule has 1 rings (SSSR count). The summed E-state index contributed by atoms with van der Waals surface area (Å²) in [6.45, 7) is 9.04. The van der Waals surface area contributed by atoms with Crippen molar-refractivity contribution in [1.29, 1.82) is 0 Å². The zero-order chi connectivity index (χ0) is 9.35. The highest BCUT2D eigenvalue weighted by atomic mass is 14.6. The zero-order valence-corrected chi connectivity index (χ0v) is 8.78. The molecule has 2 N–H and O–H groups in total. The molecule has 0 radical (unpaired) electrons. The van der Waals surface area contributed by atoms with Crippen LogP contribution in [0.15, 0.2) is 11.1 Å². The summed E-state index contributed by atoms with van der Waals surface area (Å²) in [5.74, 6) is 0. The monoisotopic (exact) mass is 167 g/mol. The van der Waals surface area contributed by atoms with E-state index in [4.69, 9.17) is 5.73 Å². The topological polar surface area (TPSA) is 26.0 Å². The molecule has 0 spiro atoms. The fraction of sp³-hybridized carbons (Fsp3) is 0.818. The highest BCUT2D eigenvalue weighted by Gasteiger charge is 2.25. The fourth-order valence-corrected chi connectivity index (χ4v) is 1.89. The summed E-state index contributed by atoms with van der Waals surface area (Å²) in [6.07, 6.45) is 3.65. The molecule has 1 unspecified atom stereocenters. The Morgan fingerprint density at radius 2 is 1.92 bits per heavy atom. The van der Waals surface area contributed by atoms with Gasteiger partial charge in [-0.3, -0.25) is 0 Å². The molecule has 1 atom stereocenters. The van der Waals surface area contributed by atoms with Crippen molar-refractivity contribution in [3.8, 4) is 0 Å². The van der Waals surface area contributed by atoms with Crippen LogP contribution in [0.5, 0.6) is 0 Å². The molecule has 0 saturated carbocycles. The molecule has 1 nitrogen and oxygen atoms in total. The van der Waals surface area contributed by atoms with Gasteiger partial charge in [0, 0.05) is 6.04 Å². The Kier molecular flexibility index (Phi) is 2.62. The molecule has 12 heavy (non-hydrogen) atoms. The van der Waals surface area contributed by atoms with Crippen LogP contribution in [0.1, 0.15) is 47.0 Å². The molecule has 1 aliphatic rings. The van der Waals surface area contributed by atoms with Crippen molar-refractivity contribution >= 4 is 0 Å². The fourth-order valence-electron chi connectivity index (χ4n) is 1.89. The van der Waals surface area contributed by atoms with E-state index in [0.29, 0.717) is 11.5 Å². The third-order valence-electron chi connectivity index (χ3n) is 3.18. The standard InChI is InChI=1S/C11H21N/c1-8-5-6-11(3,4)7-10(12)9(8)2/h10H,5-7,12H2,1-4H3. The van der Waals surface area contributed by atoms with Crippen LogP contribution in [0.25, 0.3) is 0 Å². The third kappa shape index (κ3) is 2.10. The molecular weight excluding hydrogens is 146 g/mol. The Morgan fingerprint density at radius 1 is 1.33 bits per heavy atom. The maximum Gasteiger partial charge on any atom is 0.0258 e. The molecular formula is C11H21N. The molecule has 0 aromatic heterocycles. The smallest absolute Gasteiger partial charge is 0.0258 e. The van der Waals surface area contributed by atoms with Crippen molar-refractivity contribution in [3.05, 3.63) is 11.1 Å². The van der Waals surface area contributed by atoms with Crippen LogP contribution in [0, 0.1) is 5.41 Å². The molecule has 0 amide bonds. The van der Waals surface area contributed by atoms with E-state index in [2.05, 4.69) is 27.7 Å². The molecule has 0 aromatic rings. The highest BCUT2D eigenvalue weighted by molar-refractivity contribution is 5.18. The maximum absolute atomic E-state index is 6.09. The SMILES string of the molecule is CC1=C(C)C(N)CC(C)(C)CC1. The number of rotatable bonds is 0. The van der Waals surface area contributed by atoms with E-state index >= 15 is 0 Å². The van der Waals surface area contributed by atoms with E-state index < -0.39 is 0 Å². The lowest BCUT2D eigenvalue weighted by Gasteiger charge is -2.25. The first-order valence-electron chi connectivity index (χ1n) is 4.84. The minimum atomic E-state index is 0.294. The van der Waals surface area contributed by atoms with Crippen molar-refractivity contribution in [2.45, 2.75) is 53.0 Å². The molecule has 1 heteroatoms. The average molecular weight is 167 g/mol. The van der Waals surface area contributed by atoms with Crippen LogP contribution in [-0.2, 0) is 0 Å². The summed E-state index contributed by atoms with van der Waals surface area (Å²) < 4.78 is 0. The Balaban J connectivity index is 2.80. The Morgan fingerprint density at radius 3 is 2.50 bits per heavy atom. The van der Waals surface area contributed by atoms with Crippen LogP contribution >= 0.6 is 0 Å². The number of nitrogens with two attached hydrogens (primary N) is 1. The second-order valence-corrected chi connectivity index (χ2v) is 4.94. The second-order valence-electron chi connectivity index (χ2n) is 4.94. The molecule has 0 heterocycles. The Labute approximate surface area is 76.0 Å². The molecule has 70 valence electrons. The molecule has 1 aliphatic carbocycles. The van der Waals surface area contributed by atoms with Crippen molar-refractivity contribution in [1.82, 2.24) is 0 Å². The lowest BCUT2D eigenvalue weighted by atomic mass is 9.83. The Bertz CT molecular complexity index is 201. The van der Waals surface area contributed by atoms with Gasteiger partial charge in [-0.2, -0.15) is 0 Å². The predicted octanol–water partition coefficient (Wildman–Crippen LogP) is 2.86.